The maximum Gasteiger partial charge on any atom is 0.236 e. The molecular formula is C24H28N4OS. The standard InChI is InChI=1S/C24H28N4OS/c1-4-8-21-23(28-13-5-6-14-28)19-9-7-10-20(24(19)30-21)25-18-11-15-27(16-12-18)22(29)17-26(2)3/h5-7,9-10,13-14,18,25H,11-12,15-17H2,1-3H3. The van der Waals surface area contributed by atoms with Crippen molar-refractivity contribution in [2.75, 3.05) is 39.0 Å². The van der Waals surface area contributed by atoms with E-state index in [0.717, 1.165) is 42.2 Å². The number of hydrogen-bond donors (Lipinski definition) is 1. The molecule has 3 aromatic rings. The van der Waals surface area contributed by atoms with E-state index in [0.29, 0.717) is 12.6 Å². The highest BCUT2D eigenvalue weighted by atomic mass is 32.1. The number of carbonyl (C=O) groups is 1. The van der Waals surface area contributed by atoms with E-state index in [4.69, 9.17) is 0 Å². The van der Waals surface area contributed by atoms with Gasteiger partial charge in [0, 0.05) is 36.9 Å². The highest BCUT2D eigenvalue weighted by Crippen LogP contribution is 2.39. The van der Waals surface area contributed by atoms with Gasteiger partial charge in [-0.2, -0.15) is 0 Å². The fraction of sp³-hybridized carbons (Fsp3) is 0.375. The van der Waals surface area contributed by atoms with Crippen molar-refractivity contribution in [1.29, 1.82) is 0 Å². The fourth-order valence-electron chi connectivity index (χ4n) is 4.02. The number of amides is 1. The molecule has 0 unspecified atom stereocenters. The van der Waals surface area contributed by atoms with Crippen LogP contribution < -0.4 is 5.32 Å². The number of aromatic nitrogens is 1. The fourth-order valence-corrected chi connectivity index (χ4v) is 5.20. The van der Waals surface area contributed by atoms with Gasteiger partial charge in [-0.05, 0) is 52.1 Å². The van der Waals surface area contributed by atoms with Gasteiger partial charge in [0.25, 0.3) is 0 Å². The van der Waals surface area contributed by atoms with Gasteiger partial charge in [0.15, 0.2) is 0 Å². The molecule has 1 amide bonds. The van der Waals surface area contributed by atoms with Crippen molar-refractivity contribution in [1.82, 2.24) is 14.4 Å². The molecule has 1 N–H and O–H groups in total. The molecule has 2 aromatic heterocycles. The summed E-state index contributed by atoms with van der Waals surface area (Å²) in [7, 11) is 3.88. The van der Waals surface area contributed by atoms with Crippen molar-refractivity contribution in [3.8, 4) is 17.5 Å². The molecule has 0 bridgehead atoms. The van der Waals surface area contributed by atoms with Crippen LogP contribution in [0.25, 0.3) is 15.8 Å². The molecular weight excluding hydrogens is 392 g/mol. The van der Waals surface area contributed by atoms with Crippen molar-refractivity contribution in [2.24, 2.45) is 0 Å². The molecule has 5 nitrogen and oxygen atoms in total. The minimum atomic E-state index is 0.220. The highest BCUT2D eigenvalue weighted by molar-refractivity contribution is 7.20. The Hall–Kier alpha value is -2.75. The van der Waals surface area contributed by atoms with Crippen LogP contribution in [0.4, 0.5) is 5.69 Å². The van der Waals surface area contributed by atoms with Gasteiger partial charge in [-0.1, -0.05) is 18.1 Å². The SMILES string of the molecule is CC#Cc1sc2c(NC3CCN(C(=O)CN(C)C)CC3)cccc2c1-n1cccc1. The smallest absolute Gasteiger partial charge is 0.236 e. The number of benzene rings is 1. The number of carbonyl (C=O) groups excluding carboxylic acids is 1. The number of fused-ring (bicyclic) bond motifs is 1. The van der Waals surface area contributed by atoms with Gasteiger partial charge in [-0.15, -0.1) is 17.3 Å². The van der Waals surface area contributed by atoms with Crippen LogP contribution in [-0.2, 0) is 4.79 Å². The summed E-state index contributed by atoms with van der Waals surface area (Å²) in [5.41, 5.74) is 2.32. The third-order valence-electron chi connectivity index (χ3n) is 5.45. The Balaban J connectivity index is 1.55. The van der Waals surface area contributed by atoms with E-state index in [1.807, 2.05) is 43.0 Å². The van der Waals surface area contributed by atoms with Gasteiger partial charge in [-0.3, -0.25) is 4.79 Å². The number of hydrogen-bond acceptors (Lipinski definition) is 4. The Morgan fingerprint density at radius 3 is 2.60 bits per heavy atom. The average molecular weight is 421 g/mol. The summed E-state index contributed by atoms with van der Waals surface area (Å²) >= 11 is 1.75. The Bertz CT molecular complexity index is 1080. The van der Waals surface area contributed by atoms with Gasteiger partial charge < -0.3 is 19.7 Å². The van der Waals surface area contributed by atoms with E-state index in [9.17, 15) is 4.79 Å². The number of rotatable bonds is 5. The molecule has 0 radical (unpaired) electrons. The topological polar surface area (TPSA) is 40.5 Å². The van der Waals surface area contributed by atoms with Gasteiger partial charge >= 0.3 is 0 Å². The molecule has 156 valence electrons. The van der Waals surface area contributed by atoms with E-state index in [1.165, 1.54) is 10.1 Å². The van der Waals surface area contributed by atoms with Crippen LogP contribution in [0, 0.1) is 11.8 Å². The summed E-state index contributed by atoms with van der Waals surface area (Å²) in [5, 5.41) is 4.98. The quantitative estimate of drug-likeness (QED) is 0.634. The van der Waals surface area contributed by atoms with Crippen molar-refractivity contribution in [3.05, 3.63) is 47.6 Å². The van der Waals surface area contributed by atoms with Crippen LogP contribution in [0.5, 0.6) is 0 Å². The summed E-state index contributed by atoms with van der Waals surface area (Å²) in [6, 6.07) is 10.9. The lowest BCUT2D eigenvalue weighted by Gasteiger charge is -2.33. The summed E-state index contributed by atoms with van der Waals surface area (Å²) in [6.45, 7) is 3.99. The first kappa shape index (κ1) is 20.5. The first-order valence-electron chi connectivity index (χ1n) is 10.4. The second-order valence-electron chi connectivity index (χ2n) is 7.96. The zero-order valence-electron chi connectivity index (χ0n) is 17.8. The van der Waals surface area contributed by atoms with Crippen molar-refractivity contribution < 1.29 is 4.79 Å². The first-order valence-corrected chi connectivity index (χ1v) is 11.2. The molecule has 3 heterocycles. The molecule has 0 atom stereocenters. The summed E-state index contributed by atoms with van der Waals surface area (Å²) < 4.78 is 3.39. The van der Waals surface area contributed by atoms with Crippen molar-refractivity contribution >= 4 is 33.0 Å². The van der Waals surface area contributed by atoms with E-state index in [2.05, 4.69) is 52.3 Å². The number of anilines is 1. The summed E-state index contributed by atoms with van der Waals surface area (Å²) in [5.74, 6) is 6.57. The predicted molar refractivity (Wildman–Crippen MR) is 125 cm³/mol. The van der Waals surface area contributed by atoms with E-state index >= 15 is 0 Å². The van der Waals surface area contributed by atoms with Gasteiger partial charge in [-0.25, -0.2) is 0 Å². The number of likely N-dealkylation sites (N-methyl/N-ethyl adjacent to an activating group) is 1. The summed E-state index contributed by atoms with van der Waals surface area (Å²) in [6.07, 6.45) is 6.08. The predicted octanol–water partition coefficient (Wildman–Crippen LogP) is 4.03. The molecule has 4 rings (SSSR count). The molecule has 0 saturated carbocycles. The third kappa shape index (κ3) is 4.23. The average Bonchev–Trinajstić information content (AvgIpc) is 3.36. The normalized spacial score (nSPS) is 14.7. The lowest BCUT2D eigenvalue weighted by atomic mass is 10.0. The molecule has 30 heavy (non-hydrogen) atoms. The molecule has 1 saturated heterocycles. The second-order valence-corrected chi connectivity index (χ2v) is 8.99. The number of nitrogens with zero attached hydrogens (tertiary/aromatic N) is 3. The van der Waals surface area contributed by atoms with Crippen LogP contribution in [0.2, 0.25) is 0 Å². The molecule has 1 aliphatic rings. The second kappa shape index (κ2) is 8.95. The Kier molecular flexibility index (Phi) is 6.12. The van der Waals surface area contributed by atoms with Gasteiger partial charge in [0.05, 0.1) is 22.6 Å². The summed E-state index contributed by atoms with van der Waals surface area (Å²) in [4.78, 5) is 17.3. The Morgan fingerprint density at radius 1 is 1.20 bits per heavy atom. The zero-order valence-corrected chi connectivity index (χ0v) is 18.6. The van der Waals surface area contributed by atoms with Crippen LogP contribution in [0.3, 0.4) is 0 Å². The molecule has 0 spiro atoms. The van der Waals surface area contributed by atoms with E-state index in [-0.39, 0.29) is 5.91 Å². The van der Waals surface area contributed by atoms with Crippen LogP contribution in [0.1, 0.15) is 24.6 Å². The van der Waals surface area contributed by atoms with Crippen LogP contribution in [0.15, 0.2) is 42.7 Å². The lowest BCUT2D eigenvalue weighted by molar-refractivity contribution is -0.132. The molecule has 1 aromatic carbocycles. The van der Waals surface area contributed by atoms with Crippen LogP contribution >= 0.6 is 11.3 Å². The largest absolute Gasteiger partial charge is 0.381 e. The van der Waals surface area contributed by atoms with Gasteiger partial charge in [0.1, 0.15) is 4.88 Å². The number of thiophene rings is 1. The molecule has 1 fully saturated rings. The van der Waals surface area contributed by atoms with Gasteiger partial charge in [0.2, 0.25) is 5.91 Å². The molecule has 1 aliphatic heterocycles. The highest BCUT2D eigenvalue weighted by Gasteiger charge is 2.24. The Morgan fingerprint density at radius 2 is 1.93 bits per heavy atom. The maximum absolute atomic E-state index is 12.3. The Labute approximate surface area is 182 Å². The number of nitrogens with one attached hydrogen (secondary N) is 1. The van der Waals surface area contributed by atoms with E-state index in [1.54, 1.807) is 11.3 Å². The first-order chi connectivity index (χ1) is 14.6. The monoisotopic (exact) mass is 420 g/mol. The zero-order chi connectivity index (χ0) is 21.1. The van der Waals surface area contributed by atoms with Crippen molar-refractivity contribution in [3.63, 3.8) is 0 Å². The number of piperidine rings is 1. The minimum absolute atomic E-state index is 0.220. The van der Waals surface area contributed by atoms with E-state index < -0.39 is 0 Å². The molecule has 6 heteroatoms. The third-order valence-corrected chi connectivity index (χ3v) is 6.59. The van der Waals surface area contributed by atoms with Crippen molar-refractivity contribution in [2.45, 2.75) is 25.8 Å². The molecule has 0 aliphatic carbocycles. The van der Waals surface area contributed by atoms with Crippen LogP contribution in [-0.4, -0.2) is 60.0 Å². The number of likely N-dealkylation sites (tertiary alicyclic amines) is 1. The minimum Gasteiger partial charge on any atom is -0.381 e. The lowest BCUT2D eigenvalue weighted by Crippen LogP contribution is -2.45. The maximum atomic E-state index is 12.3.